The Morgan fingerprint density at radius 1 is 0.846 bits per heavy atom. The predicted molar refractivity (Wildman–Crippen MR) is 58.6 cm³/mol. The van der Waals surface area contributed by atoms with Crippen molar-refractivity contribution in [1.82, 2.24) is 0 Å². The molecule has 0 aromatic rings. The molecule has 0 saturated carbocycles. The Hall–Kier alpha value is 0.420. The van der Waals surface area contributed by atoms with Gasteiger partial charge in [0, 0.05) is 0 Å². The summed E-state index contributed by atoms with van der Waals surface area (Å²) in [6.45, 7) is 3.04. The second-order valence-corrected chi connectivity index (χ2v) is 2.82. The van der Waals surface area contributed by atoms with E-state index in [-0.39, 0.29) is 0 Å². The average molecular weight is 356 g/mol. The number of rotatable bonds is 1. The van der Waals surface area contributed by atoms with E-state index in [1.165, 1.54) is 20.9 Å². The summed E-state index contributed by atoms with van der Waals surface area (Å²) in [4.78, 5) is 0. The minimum Gasteiger partial charge on any atom is -0.668 e. The van der Waals surface area contributed by atoms with Gasteiger partial charge in [-0.05, 0) is 0 Å². The third-order valence-electron chi connectivity index (χ3n) is 0.141. The zero-order valence-electron chi connectivity index (χ0n) is 9.94. The van der Waals surface area contributed by atoms with Crippen molar-refractivity contribution in [1.29, 1.82) is 0 Å². The Morgan fingerprint density at radius 2 is 0.923 bits per heavy atom. The van der Waals surface area contributed by atoms with Gasteiger partial charge >= 0.3 is 37.7 Å². The minimum absolute atomic E-state index is 0.994. The van der Waals surface area contributed by atoms with E-state index < -0.39 is 0 Å². The van der Waals surface area contributed by atoms with Crippen molar-refractivity contribution in [3.8, 4) is 0 Å². The van der Waals surface area contributed by atoms with Crippen LogP contribution in [0.3, 0.4) is 0 Å². The molecule has 0 aliphatic carbocycles. The van der Waals surface area contributed by atoms with Gasteiger partial charge in [0.2, 0.25) is 0 Å². The first-order chi connectivity index (χ1) is 6.16. The molecule has 0 fully saturated rings. The van der Waals surface area contributed by atoms with E-state index in [0.29, 0.717) is 0 Å². The van der Waals surface area contributed by atoms with Crippen molar-refractivity contribution >= 4 is 0 Å². The van der Waals surface area contributed by atoms with Gasteiger partial charge in [0.1, 0.15) is 0 Å². The van der Waals surface area contributed by atoms with Crippen LogP contribution < -0.4 is 0 Å². The van der Waals surface area contributed by atoms with E-state index in [0.717, 1.165) is 6.54 Å². The maximum absolute atomic E-state index is 3.85. The van der Waals surface area contributed by atoms with Crippen LogP contribution >= 0.6 is 0 Å². The second-order valence-electron chi connectivity index (χ2n) is 1.80. The Balaban J connectivity index is -0.0000000420. The second kappa shape index (κ2) is 55.1. The first-order valence-corrected chi connectivity index (χ1v) is 5.34. The molecular formula is C8H23N4Ta-3. The van der Waals surface area contributed by atoms with E-state index in [1.807, 2.05) is 6.92 Å². The molecule has 0 N–H and O–H groups in total. The molecule has 0 unspecified atom stereocenters. The van der Waals surface area contributed by atoms with Gasteiger partial charge in [0.15, 0.2) is 0 Å². The molecule has 0 rings (SSSR count). The van der Waals surface area contributed by atoms with E-state index in [2.05, 4.69) is 19.3 Å². The quantitative estimate of drug-likeness (QED) is 0.694. The van der Waals surface area contributed by atoms with E-state index in [9.17, 15) is 0 Å². The molecule has 13 heavy (non-hydrogen) atoms. The minimum atomic E-state index is 0.994. The molecule has 0 amide bonds. The predicted octanol–water partition coefficient (Wildman–Crippen LogP) is 2.60. The summed E-state index contributed by atoms with van der Waals surface area (Å²) in [6, 6.07) is 0. The molecular weight excluding hydrogens is 333 g/mol. The first kappa shape index (κ1) is 23.3. The maximum Gasteiger partial charge on any atom is -0.162 e. The van der Waals surface area contributed by atoms with Crippen LogP contribution in [0.4, 0.5) is 0 Å². The van der Waals surface area contributed by atoms with E-state index in [4.69, 9.17) is 0 Å². The van der Waals surface area contributed by atoms with Crippen LogP contribution in [0.5, 0.6) is 0 Å². The molecule has 0 spiro atoms. The fraction of sp³-hybridized carbons (Fsp3) is 1.00. The zero-order chi connectivity index (χ0) is 11.5. The van der Waals surface area contributed by atoms with E-state index in [1.54, 1.807) is 42.3 Å². The van der Waals surface area contributed by atoms with Crippen LogP contribution in [-0.2, 0) is 20.9 Å². The van der Waals surface area contributed by atoms with Crippen LogP contribution in [0.1, 0.15) is 6.92 Å². The zero-order valence-corrected chi connectivity index (χ0v) is 13.2. The number of nitrogens with zero attached hydrogens (tertiary/aromatic N) is 4. The summed E-state index contributed by atoms with van der Waals surface area (Å²) < 4.78 is 3.85. The number of hydrogen-bond acceptors (Lipinski definition) is 1. The normalized spacial score (nSPS) is 6.00. The van der Waals surface area contributed by atoms with Gasteiger partial charge in [-0.2, -0.15) is 42.3 Å². The molecule has 4 nitrogen and oxygen atoms in total. The van der Waals surface area contributed by atoms with Crippen molar-refractivity contribution in [2.24, 2.45) is 3.34 Å². The largest absolute Gasteiger partial charge is 0.668 e. The van der Waals surface area contributed by atoms with Crippen LogP contribution in [0.15, 0.2) is 3.34 Å². The Labute approximate surface area is 96.0 Å². The third-order valence-corrected chi connectivity index (χ3v) is 1.16. The topological polar surface area (TPSA) is 54.7 Å². The Morgan fingerprint density at radius 3 is 0.923 bits per heavy atom. The molecule has 5 heteroatoms. The Kier molecular flexibility index (Phi) is 98.9. The van der Waals surface area contributed by atoms with Crippen molar-refractivity contribution < 1.29 is 20.9 Å². The van der Waals surface area contributed by atoms with Gasteiger partial charge in [0.25, 0.3) is 0 Å². The molecule has 0 aliphatic heterocycles. The molecule has 0 bridgehead atoms. The van der Waals surface area contributed by atoms with Gasteiger partial charge in [-0.15, -0.1) is 0 Å². The molecule has 0 aromatic heterocycles. The van der Waals surface area contributed by atoms with Crippen molar-refractivity contribution in [2.45, 2.75) is 6.92 Å². The monoisotopic (exact) mass is 356 g/mol. The Bertz CT molecular complexity index is 48.7. The molecule has 83 valence electrons. The number of hydrogen-bond donors (Lipinski definition) is 0. The summed E-state index contributed by atoms with van der Waals surface area (Å²) >= 11 is 1.17. The molecule has 0 radical (unpaired) electrons. The van der Waals surface area contributed by atoms with Crippen molar-refractivity contribution in [3.63, 3.8) is 0 Å². The van der Waals surface area contributed by atoms with Crippen LogP contribution in [0.25, 0.3) is 16.0 Å². The summed E-state index contributed by atoms with van der Waals surface area (Å²) in [5, 5.41) is 10.5. The summed E-state index contributed by atoms with van der Waals surface area (Å²) in [5.74, 6) is 0. The van der Waals surface area contributed by atoms with Gasteiger partial charge in [-0.1, -0.05) is 0 Å². The smallest absolute Gasteiger partial charge is 0.162 e. The van der Waals surface area contributed by atoms with Crippen molar-refractivity contribution in [2.75, 3.05) is 48.8 Å². The summed E-state index contributed by atoms with van der Waals surface area (Å²) in [7, 11) is 10.5. The van der Waals surface area contributed by atoms with Crippen LogP contribution in [-0.4, -0.2) is 48.8 Å². The molecule has 0 aromatic carbocycles. The fourth-order valence-corrected chi connectivity index (χ4v) is 0. The van der Waals surface area contributed by atoms with Gasteiger partial charge in [-0.3, -0.25) is 0 Å². The van der Waals surface area contributed by atoms with Gasteiger partial charge in [-0.25, -0.2) is 0 Å². The summed E-state index contributed by atoms with van der Waals surface area (Å²) in [6.07, 6.45) is 0. The van der Waals surface area contributed by atoms with Crippen LogP contribution in [0.2, 0.25) is 0 Å². The van der Waals surface area contributed by atoms with Gasteiger partial charge in [0.05, 0.1) is 0 Å². The fourth-order valence-electron chi connectivity index (χ4n) is 0. The standard InChI is InChI=1S/3C2H6N.C2H5N.Ta/c3*1-3-2;1-2-3;/h3*1-2H3;2H2,1H3;/q3*-1;;. The SMILES string of the molecule is CC[N]=[Ta].C[N-]C.C[N-]C.C[N-]C. The average Bonchev–Trinajstić information content (AvgIpc) is 2.08. The maximum atomic E-state index is 3.85. The first-order valence-electron chi connectivity index (χ1n) is 3.91. The summed E-state index contributed by atoms with van der Waals surface area (Å²) in [5.41, 5.74) is 0. The van der Waals surface area contributed by atoms with Crippen LogP contribution in [0, 0.1) is 0 Å². The molecule has 0 atom stereocenters. The third kappa shape index (κ3) is 669. The van der Waals surface area contributed by atoms with Gasteiger partial charge < -0.3 is 16.0 Å². The molecule has 0 saturated heterocycles. The van der Waals surface area contributed by atoms with E-state index >= 15 is 0 Å². The molecule has 0 heterocycles. The van der Waals surface area contributed by atoms with Crippen molar-refractivity contribution in [3.05, 3.63) is 16.0 Å². The molecule has 0 aliphatic rings.